The lowest BCUT2D eigenvalue weighted by molar-refractivity contribution is 0.169. The lowest BCUT2D eigenvalue weighted by Gasteiger charge is -2.14. The first-order chi connectivity index (χ1) is 6.60. The summed E-state index contributed by atoms with van der Waals surface area (Å²) >= 11 is 9.22. The Morgan fingerprint density at radius 3 is 2.71 bits per heavy atom. The number of ether oxygens (including phenoxy) is 1. The molecular formula is C10H12BrClO2. The third-order valence-electron chi connectivity index (χ3n) is 1.99. The highest BCUT2D eigenvalue weighted by Crippen LogP contribution is 2.36. The van der Waals surface area contributed by atoms with Crippen LogP contribution in [0.2, 0.25) is 5.02 Å². The van der Waals surface area contributed by atoms with E-state index in [-0.39, 0.29) is 0 Å². The first-order valence-corrected chi connectivity index (χ1v) is 5.48. The molecule has 0 spiro atoms. The molecule has 0 saturated heterocycles. The van der Waals surface area contributed by atoms with Gasteiger partial charge in [0.05, 0.1) is 17.7 Å². The van der Waals surface area contributed by atoms with Crippen molar-refractivity contribution < 1.29 is 9.84 Å². The van der Waals surface area contributed by atoms with Gasteiger partial charge >= 0.3 is 0 Å². The number of benzene rings is 1. The van der Waals surface area contributed by atoms with Gasteiger partial charge in [-0.25, -0.2) is 0 Å². The van der Waals surface area contributed by atoms with Crippen molar-refractivity contribution in [3.8, 4) is 5.75 Å². The van der Waals surface area contributed by atoms with Crippen molar-refractivity contribution >= 4 is 27.5 Å². The third-order valence-corrected chi connectivity index (χ3v) is 2.79. The van der Waals surface area contributed by atoms with Crippen molar-refractivity contribution in [2.75, 3.05) is 7.11 Å². The molecule has 0 aliphatic heterocycles. The average molecular weight is 280 g/mol. The molecule has 0 heterocycles. The van der Waals surface area contributed by atoms with Crippen molar-refractivity contribution in [2.45, 2.75) is 19.4 Å². The maximum absolute atomic E-state index is 9.73. The molecule has 2 nitrogen and oxygen atoms in total. The summed E-state index contributed by atoms with van der Waals surface area (Å²) in [6.07, 6.45) is 0.0864. The average Bonchev–Trinajstić information content (AvgIpc) is 2.15. The van der Waals surface area contributed by atoms with Crippen molar-refractivity contribution in [1.29, 1.82) is 0 Å². The zero-order valence-electron chi connectivity index (χ0n) is 8.05. The minimum Gasteiger partial charge on any atom is -0.495 e. The molecule has 0 radical (unpaired) electrons. The highest BCUT2D eigenvalue weighted by atomic mass is 79.9. The number of methoxy groups -OCH3 is 1. The molecule has 0 amide bonds. The maximum Gasteiger partial charge on any atom is 0.138 e. The van der Waals surface area contributed by atoms with Gasteiger partial charge < -0.3 is 9.84 Å². The van der Waals surface area contributed by atoms with Crippen LogP contribution in [0.5, 0.6) is 5.75 Å². The van der Waals surface area contributed by atoms with Gasteiger partial charge in [0.15, 0.2) is 0 Å². The fourth-order valence-electron chi connectivity index (χ4n) is 1.26. The zero-order valence-corrected chi connectivity index (χ0v) is 10.4. The fourth-order valence-corrected chi connectivity index (χ4v) is 2.26. The van der Waals surface area contributed by atoms with E-state index in [1.807, 2.05) is 6.92 Å². The van der Waals surface area contributed by atoms with Crippen LogP contribution in [0.1, 0.15) is 25.0 Å². The molecule has 0 saturated carbocycles. The molecule has 0 aliphatic rings. The summed E-state index contributed by atoms with van der Waals surface area (Å²) in [4.78, 5) is 0. The summed E-state index contributed by atoms with van der Waals surface area (Å²) in [7, 11) is 1.57. The lowest BCUT2D eigenvalue weighted by Crippen LogP contribution is -2.00. The van der Waals surface area contributed by atoms with Gasteiger partial charge in [0, 0.05) is 10.6 Å². The standard InChI is InChI=1S/C10H12BrClO2/c1-3-9(13)7-4-6(12)5-8(11)10(7)14-2/h4-5,9,13H,3H2,1-2H3. The van der Waals surface area contributed by atoms with Crippen LogP contribution in [0.15, 0.2) is 16.6 Å². The van der Waals surface area contributed by atoms with Gasteiger partial charge in [-0.2, -0.15) is 0 Å². The predicted molar refractivity (Wildman–Crippen MR) is 61.0 cm³/mol. The number of halogens is 2. The van der Waals surface area contributed by atoms with Crippen LogP contribution in [-0.2, 0) is 0 Å². The van der Waals surface area contributed by atoms with Gasteiger partial charge in [-0.1, -0.05) is 18.5 Å². The zero-order chi connectivity index (χ0) is 10.7. The normalized spacial score (nSPS) is 12.6. The van der Waals surface area contributed by atoms with Crippen molar-refractivity contribution in [3.63, 3.8) is 0 Å². The van der Waals surface area contributed by atoms with Crippen molar-refractivity contribution in [1.82, 2.24) is 0 Å². The predicted octanol–water partition coefficient (Wildman–Crippen LogP) is 3.55. The second-order valence-corrected chi connectivity index (χ2v) is 4.22. The number of aliphatic hydroxyl groups excluding tert-OH is 1. The number of hydrogen-bond acceptors (Lipinski definition) is 2. The Hall–Kier alpha value is -0.250. The van der Waals surface area contributed by atoms with E-state index >= 15 is 0 Å². The Balaban J connectivity index is 3.24. The van der Waals surface area contributed by atoms with Crippen LogP contribution in [-0.4, -0.2) is 12.2 Å². The molecule has 1 aromatic carbocycles. The van der Waals surface area contributed by atoms with E-state index < -0.39 is 6.10 Å². The Kier molecular flexibility index (Phi) is 4.23. The van der Waals surface area contributed by atoms with Gasteiger partial charge in [-0.15, -0.1) is 0 Å². The van der Waals surface area contributed by atoms with E-state index in [1.165, 1.54) is 0 Å². The molecule has 1 aromatic rings. The molecule has 1 atom stereocenters. The van der Waals surface area contributed by atoms with Crippen LogP contribution >= 0.6 is 27.5 Å². The molecule has 0 fully saturated rings. The van der Waals surface area contributed by atoms with Gasteiger partial charge in [-0.05, 0) is 34.5 Å². The number of rotatable bonds is 3. The number of hydrogen-bond donors (Lipinski definition) is 1. The minimum atomic E-state index is -0.542. The Morgan fingerprint density at radius 2 is 2.21 bits per heavy atom. The summed E-state index contributed by atoms with van der Waals surface area (Å²) < 4.78 is 5.95. The van der Waals surface area contributed by atoms with Crippen LogP contribution in [0.3, 0.4) is 0 Å². The van der Waals surface area contributed by atoms with E-state index in [9.17, 15) is 5.11 Å². The molecule has 0 aromatic heterocycles. The van der Waals surface area contributed by atoms with E-state index in [2.05, 4.69) is 15.9 Å². The Labute approximate surface area is 97.0 Å². The SMILES string of the molecule is CCC(O)c1cc(Cl)cc(Br)c1OC. The third kappa shape index (κ3) is 2.41. The highest BCUT2D eigenvalue weighted by Gasteiger charge is 2.15. The van der Waals surface area contributed by atoms with Crippen LogP contribution in [0.4, 0.5) is 0 Å². The van der Waals surface area contributed by atoms with E-state index in [0.717, 1.165) is 10.0 Å². The molecule has 1 unspecified atom stereocenters. The van der Waals surface area contributed by atoms with Gasteiger partial charge in [0.1, 0.15) is 5.75 Å². The van der Waals surface area contributed by atoms with E-state index in [1.54, 1.807) is 19.2 Å². The Morgan fingerprint density at radius 1 is 1.57 bits per heavy atom. The fraction of sp³-hybridized carbons (Fsp3) is 0.400. The smallest absolute Gasteiger partial charge is 0.138 e. The molecule has 1 rings (SSSR count). The molecule has 78 valence electrons. The van der Waals surface area contributed by atoms with Crippen LogP contribution in [0, 0.1) is 0 Å². The molecule has 1 N–H and O–H groups in total. The first-order valence-electron chi connectivity index (χ1n) is 4.31. The largest absolute Gasteiger partial charge is 0.495 e. The molecular weight excluding hydrogens is 267 g/mol. The topological polar surface area (TPSA) is 29.5 Å². The van der Waals surface area contributed by atoms with Crippen molar-refractivity contribution in [3.05, 3.63) is 27.2 Å². The lowest BCUT2D eigenvalue weighted by atomic mass is 10.1. The molecule has 4 heteroatoms. The molecule has 14 heavy (non-hydrogen) atoms. The maximum atomic E-state index is 9.73. The van der Waals surface area contributed by atoms with E-state index in [0.29, 0.717) is 17.2 Å². The van der Waals surface area contributed by atoms with Crippen LogP contribution in [0.25, 0.3) is 0 Å². The van der Waals surface area contributed by atoms with Crippen molar-refractivity contribution in [2.24, 2.45) is 0 Å². The summed E-state index contributed by atoms with van der Waals surface area (Å²) in [5.41, 5.74) is 0.717. The number of aliphatic hydroxyl groups is 1. The molecule has 0 aliphatic carbocycles. The van der Waals surface area contributed by atoms with Gasteiger partial charge in [0.2, 0.25) is 0 Å². The monoisotopic (exact) mass is 278 g/mol. The summed E-state index contributed by atoms with van der Waals surface area (Å²) in [5.74, 6) is 0.642. The second-order valence-electron chi connectivity index (χ2n) is 2.93. The minimum absolute atomic E-state index is 0.542. The van der Waals surface area contributed by atoms with E-state index in [4.69, 9.17) is 16.3 Å². The second kappa shape index (κ2) is 5.01. The quantitative estimate of drug-likeness (QED) is 0.917. The van der Waals surface area contributed by atoms with Gasteiger partial charge in [-0.3, -0.25) is 0 Å². The molecule has 0 bridgehead atoms. The van der Waals surface area contributed by atoms with Gasteiger partial charge in [0.25, 0.3) is 0 Å². The van der Waals surface area contributed by atoms with Crippen LogP contribution < -0.4 is 4.74 Å². The summed E-state index contributed by atoms with van der Waals surface area (Å²) in [5, 5.41) is 10.3. The summed E-state index contributed by atoms with van der Waals surface area (Å²) in [6, 6.07) is 3.46. The summed E-state index contributed by atoms with van der Waals surface area (Å²) in [6.45, 7) is 1.90. The highest BCUT2D eigenvalue weighted by molar-refractivity contribution is 9.10. The first kappa shape index (κ1) is 11.8. The Bertz CT molecular complexity index is 328.